The number of pyridine rings is 1. The molecule has 3 rings (SSSR count). The summed E-state index contributed by atoms with van der Waals surface area (Å²) in [5, 5.41) is 5.37. The van der Waals surface area contributed by atoms with Crippen molar-refractivity contribution in [1.82, 2.24) is 19.8 Å². The van der Waals surface area contributed by atoms with Gasteiger partial charge in [0.15, 0.2) is 0 Å². The van der Waals surface area contributed by atoms with Crippen molar-refractivity contribution in [3.63, 3.8) is 0 Å². The molecule has 3 aromatic rings. The SMILES string of the molecule is Cc1c(CNC(=O)N(C)C)c(C(C)C)c(Sc2cc(Cl)cc(Cl)c2)n1Cc1ccncc1. The predicted molar refractivity (Wildman–Crippen MR) is 133 cm³/mol. The Balaban J connectivity index is 2.11. The summed E-state index contributed by atoms with van der Waals surface area (Å²) in [4.78, 5) is 18.9. The number of aromatic nitrogens is 2. The highest BCUT2D eigenvalue weighted by molar-refractivity contribution is 7.99. The monoisotopic (exact) mass is 490 g/mol. The molecule has 1 N–H and O–H groups in total. The van der Waals surface area contributed by atoms with Crippen LogP contribution >= 0.6 is 35.0 Å². The molecule has 0 saturated heterocycles. The molecule has 170 valence electrons. The first-order valence-electron chi connectivity index (χ1n) is 10.4. The average molecular weight is 491 g/mol. The quantitative estimate of drug-likeness (QED) is 0.406. The average Bonchev–Trinajstić information content (AvgIpc) is 2.97. The second-order valence-corrected chi connectivity index (χ2v) is 10.1. The van der Waals surface area contributed by atoms with Crippen LogP contribution in [0.5, 0.6) is 0 Å². The number of hydrogen-bond acceptors (Lipinski definition) is 3. The van der Waals surface area contributed by atoms with Gasteiger partial charge < -0.3 is 14.8 Å². The summed E-state index contributed by atoms with van der Waals surface area (Å²) in [5.74, 6) is 0.260. The number of nitrogens with one attached hydrogen (secondary N) is 1. The Hall–Kier alpha value is -2.15. The van der Waals surface area contributed by atoms with Crippen LogP contribution in [0.15, 0.2) is 52.6 Å². The molecule has 1 aromatic carbocycles. The highest BCUT2D eigenvalue weighted by Crippen LogP contribution is 2.41. The zero-order valence-corrected chi connectivity index (χ0v) is 21.3. The van der Waals surface area contributed by atoms with Gasteiger partial charge in [0.05, 0.1) is 5.03 Å². The molecule has 0 bridgehead atoms. The van der Waals surface area contributed by atoms with E-state index >= 15 is 0 Å². The smallest absolute Gasteiger partial charge is 0.317 e. The van der Waals surface area contributed by atoms with Gasteiger partial charge >= 0.3 is 6.03 Å². The number of rotatable bonds is 7. The summed E-state index contributed by atoms with van der Waals surface area (Å²) < 4.78 is 2.31. The molecule has 0 fully saturated rings. The fourth-order valence-electron chi connectivity index (χ4n) is 3.60. The highest BCUT2D eigenvalue weighted by atomic mass is 35.5. The van der Waals surface area contributed by atoms with E-state index in [4.69, 9.17) is 23.2 Å². The van der Waals surface area contributed by atoms with Gasteiger partial charge in [-0.2, -0.15) is 0 Å². The summed E-state index contributed by atoms with van der Waals surface area (Å²) in [7, 11) is 3.48. The molecule has 0 radical (unpaired) electrons. The number of benzene rings is 1. The Bertz CT molecular complexity index is 1080. The molecule has 0 aliphatic rings. The maximum Gasteiger partial charge on any atom is 0.317 e. The fraction of sp³-hybridized carbons (Fsp3) is 0.333. The molecule has 0 atom stereocenters. The lowest BCUT2D eigenvalue weighted by atomic mass is 10.0. The van der Waals surface area contributed by atoms with Crippen LogP contribution in [0.25, 0.3) is 0 Å². The third kappa shape index (κ3) is 5.80. The van der Waals surface area contributed by atoms with Crippen LogP contribution in [0.2, 0.25) is 10.0 Å². The zero-order chi connectivity index (χ0) is 23.4. The molecule has 2 aromatic heterocycles. The molecule has 0 saturated carbocycles. The van der Waals surface area contributed by atoms with E-state index in [1.807, 2.05) is 24.3 Å². The second-order valence-electron chi connectivity index (χ2n) is 8.14. The third-order valence-corrected chi connectivity index (χ3v) is 6.72. The fourth-order valence-corrected chi connectivity index (χ4v) is 5.63. The Morgan fingerprint density at radius 1 is 1.16 bits per heavy atom. The number of carbonyl (C=O) groups is 1. The molecule has 32 heavy (non-hydrogen) atoms. The van der Waals surface area contributed by atoms with Crippen molar-refractivity contribution >= 4 is 41.0 Å². The maximum absolute atomic E-state index is 12.2. The van der Waals surface area contributed by atoms with Crippen LogP contribution < -0.4 is 5.32 Å². The van der Waals surface area contributed by atoms with Gasteiger partial charge in [-0.1, -0.05) is 48.8 Å². The molecular weight excluding hydrogens is 463 g/mol. The lowest BCUT2D eigenvalue weighted by Crippen LogP contribution is -2.34. The van der Waals surface area contributed by atoms with Gasteiger partial charge in [-0.3, -0.25) is 4.98 Å². The Morgan fingerprint density at radius 3 is 2.34 bits per heavy atom. The van der Waals surface area contributed by atoms with E-state index in [0.29, 0.717) is 23.1 Å². The first-order chi connectivity index (χ1) is 15.2. The number of carbonyl (C=O) groups excluding carboxylic acids is 1. The summed E-state index contributed by atoms with van der Waals surface area (Å²) in [6, 6.07) is 9.51. The van der Waals surface area contributed by atoms with Gasteiger partial charge in [0, 0.05) is 60.2 Å². The summed E-state index contributed by atoms with van der Waals surface area (Å²) >= 11 is 14.2. The highest BCUT2D eigenvalue weighted by Gasteiger charge is 2.24. The first kappa shape index (κ1) is 24.5. The minimum Gasteiger partial charge on any atom is -0.335 e. The molecule has 0 spiro atoms. The van der Waals surface area contributed by atoms with E-state index in [1.54, 1.807) is 49.2 Å². The topological polar surface area (TPSA) is 50.2 Å². The van der Waals surface area contributed by atoms with Crippen LogP contribution in [-0.4, -0.2) is 34.6 Å². The summed E-state index contributed by atoms with van der Waals surface area (Å²) in [6.07, 6.45) is 3.61. The molecule has 2 heterocycles. The number of amides is 2. The van der Waals surface area contributed by atoms with Crippen LogP contribution in [0.3, 0.4) is 0 Å². The maximum atomic E-state index is 12.2. The summed E-state index contributed by atoms with van der Waals surface area (Å²) in [6.45, 7) is 7.63. The van der Waals surface area contributed by atoms with Crippen molar-refractivity contribution in [3.05, 3.63) is 75.2 Å². The second kappa shape index (κ2) is 10.6. The molecule has 0 unspecified atom stereocenters. The predicted octanol–water partition coefficient (Wildman–Crippen LogP) is 6.59. The normalized spacial score (nSPS) is 11.1. The van der Waals surface area contributed by atoms with Crippen LogP contribution in [0, 0.1) is 6.92 Å². The van der Waals surface area contributed by atoms with Crippen LogP contribution in [0.1, 0.15) is 42.1 Å². The molecule has 0 aliphatic carbocycles. The van der Waals surface area contributed by atoms with E-state index in [0.717, 1.165) is 26.7 Å². The number of nitrogens with zero attached hydrogens (tertiary/aromatic N) is 3. The van der Waals surface area contributed by atoms with Crippen molar-refractivity contribution in [3.8, 4) is 0 Å². The Morgan fingerprint density at radius 2 is 1.78 bits per heavy atom. The van der Waals surface area contributed by atoms with Crippen LogP contribution in [-0.2, 0) is 13.1 Å². The molecular formula is C24H28Cl2N4OS. The van der Waals surface area contributed by atoms with Crippen molar-refractivity contribution in [2.24, 2.45) is 0 Å². The number of halogens is 2. The first-order valence-corrected chi connectivity index (χ1v) is 11.9. The van der Waals surface area contributed by atoms with Crippen molar-refractivity contribution < 1.29 is 4.79 Å². The van der Waals surface area contributed by atoms with E-state index in [-0.39, 0.29) is 11.9 Å². The van der Waals surface area contributed by atoms with Gasteiger partial charge in [-0.05, 0) is 59.9 Å². The minimum absolute atomic E-state index is 0.114. The van der Waals surface area contributed by atoms with Gasteiger partial charge in [0.25, 0.3) is 0 Å². The molecule has 0 aliphatic heterocycles. The van der Waals surface area contributed by atoms with Crippen molar-refractivity contribution in [2.75, 3.05) is 14.1 Å². The Labute approximate surface area is 204 Å². The molecule has 2 amide bonds. The number of hydrogen-bond donors (Lipinski definition) is 1. The lowest BCUT2D eigenvalue weighted by Gasteiger charge is -2.15. The van der Waals surface area contributed by atoms with Gasteiger partial charge in [-0.15, -0.1) is 0 Å². The summed E-state index contributed by atoms with van der Waals surface area (Å²) in [5.41, 5.74) is 4.64. The van der Waals surface area contributed by atoms with E-state index < -0.39 is 0 Å². The lowest BCUT2D eigenvalue weighted by molar-refractivity contribution is 0.217. The largest absolute Gasteiger partial charge is 0.335 e. The molecule has 8 heteroatoms. The molecule has 5 nitrogen and oxygen atoms in total. The van der Waals surface area contributed by atoms with E-state index in [1.165, 1.54) is 5.56 Å². The van der Waals surface area contributed by atoms with Gasteiger partial charge in [0.2, 0.25) is 0 Å². The third-order valence-electron chi connectivity index (χ3n) is 5.18. The van der Waals surface area contributed by atoms with Gasteiger partial charge in [0.1, 0.15) is 0 Å². The zero-order valence-electron chi connectivity index (χ0n) is 18.9. The Kier molecular flexibility index (Phi) is 8.15. The van der Waals surface area contributed by atoms with E-state index in [2.05, 4.69) is 35.6 Å². The standard InChI is InChI=1S/C24H28Cl2N4OS/c1-15(2)22-21(13-28-24(31)29(4)5)16(3)30(14-17-6-8-27-9-7-17)23(22)32-20-11-18(25)10-19(26)12-20/h6-12,15H,13-14H2,1-5H3,(H,28,31). The van der Waals surface area contributed by atoms with Crippen molar-refractivity contribution in [1.29, 1.82) is 0 Å². The van der Waals surface area contributed by atoms with E-state index in [9.17, 15) is 4.79 Å². The number of urea groups is 1. The minimum atomic E-state index is -0.114. The van der Waals surface area contributed by atoms with Crippen molar-refractivity contribution in [2.45, 2.75) is 49.7 Å². The van der Waals surface area contributed by atoms with Gasteiger partial charge in [-0.25, -0.2) is 4.79 Å². The van der Waals surface area contributed by atoms with Crippen LogP contribution in [0.4, 0.5) is 4.79 Å².